The molecule has 84 valence electrons. The van der Waals surface area contributed by atoms with Gasteiger partial charge in [0.25, 0.3) is 0 Å². The Morgan fingerprint density at radius 2 is 2.13 bits per heavy atom. The summed E-state index contributed by atoms with van der Waals surface area (Å²) in [7, 11) is 0. The summed E-state index contributed by atoms with van der Waals surface area (Å²) in [6.45, 7) is 5.82. The first-order valence-electron chi connectivity index (χ1n) is 5.03. The second-order valence-electron chi connectivity index (χ2n) is 4.11. The lowest BCUT2D eigenvalue weighted by Crippen LogP contribution is -2.07. The Kier molecular flexibility index (Phi) is 3.82. The molecule has 0 aliphatic carbocycles. The van der Waals surface area contributed by atoms with E-state index in [0.717, 1.165) is 0 Å². The fraction of sp³-hybridized carbons (Fsp3) is 0.700. The van der Waals surface area contributed by atoms with E-state index in [1.54, 1.807) is 0 Å². The molecular formula is C10H16N2O3. The van der Waals surface area contributed by atoms with E-state index in [0.29, 0.717) is 18.1 Å². The smallest absolute Gasteiger partial charge is 0.303 e. The van der Waals surface area contributed by atoms with Crippen LogP contribution in [0.4, 0.5) is 0 Å². The van der Waals surface area contributed by atoms with Gasteiger partial charge in [-0.1, -0.05) is 25.9 Å². The van der Waals surface area contributed by atoms with Crippen molar-refractivity contribution in [3.8, 4) is 0 Å². The Hall–Kier alpha value is -1.39. The average molecular weight is 212 g/mol. The van der Waals surface area contributed by atoms with Crippen LogP contribution in [0, 0.1) is 5.92 Å². The van der Waals surface area contributed by atoms with Crippen LogP contribution in [-0.4, -0.2) is 21.2 Å². The number of hydrogen-bond acceptors (Lipinski definition) is 4. The largest absolute Gasteiger partial charge is 0.481 e. The molecule has 1 atom stereocenters. The lowest BCUT2D eigenvalue weighted by molar-refractivity contribution is -0.137. The van der Waals surface area contributed by atoms with Crippen LogP contribution in [0.15, 0.2) is 4.52 Å². The maximum Gasteiger partial charge on any atom is 0.303 e. The van der Waals surface area contributed by atoms with Gasteiger partial charge in [-0.3, -0.25) is 4.79 Å². The van der Waals surface area contributed by atoms with Crippen LogP contribution >= 0.6 is 0 Å². The number of aliphatic carboxylic acids is 1. The third-order valence-electron chi connectivity index (χ3n) is 2.05. The minimum absolute atomic E-state index is 0.0166. The Balaban J connectivity index is 2.53. The number of nitrogens with zero attached hydrogens (tertiary/aromatic N) is 2. The molecule has 1 aromatic rings. The summed E-state index contributed by atoms with van der Waals surface area (Å²) in [5.41, 5.74) is 0. The fourth-order valence-corrected chi connectivity index (χ4v) is 1.25. The van der Waals surface area contributed by atoms with E-state index in [1.807, 2.05) is 20.8 Å². The zero-order chi connectivity index (χ0) is 11.4. The first-order chi connectivity index (χ1) is 6.99. The molecule has 0 spiro atoms. The van der Waals surface area contributed by atoms with Crippen molar-refractivity contribution in [3.63, 3.8) is 0 Å². The van der Waals surface area contributed by atoms with Gasteiger partial charge in [-0.2, -0.15) is 4.98 Å². The molecule has 0 radical (unpaired) electrons. The van der Waals surface area contributed by atoms with Gasteiger partial charge in [0.05, 0.1) is 0 Å². The number of carbonyl (C=O) groups is 1. The van der Waals surface area contributed by atoms with E-state index in [1.165, 1.54) is 0 Å². The van der Waals surface area contributed by atoms with Crippen molar-refractivity contribution < 1.29 is 14.4 Å². The quantitative estimate of drug-likeness (QED) is 0.805. The zero-order valence-corrected chi connectivity index (χ0v) is 9.23. The number of rotatable bonds is 5. The first kappa shape index (κ1) is 11.7. The number of aromatic nitrogens is 2. The second kappa shape index (κ2) is 4.91. The van der Waals surface area contributed by atoms with Crippen LogP contribution in [0.25, 0.3) is 0 Å². The Morgan fingerprint density at radius 3 is 2.60 bits per heavy atom. The van der Waals surface area contributed by atoms with Gasteiger partial charge in [-0.05, 0) is 5.92 Å². The third kappa shape index (κ3) is 3.69. The highest BCUT2D eigenvalue weighted by Crippen LogP contribution is 2.14. The summed E-state index contributed by atoms with van der Waals surface area (Å²) in [4.78, 5) is 14.6. The maximum atomic E-state index is 10.4. The maximum absolute atomic E-state index is 10.4. The lowest BCUT2D eigenvalue weighted by atomic mass is 10.0. The summed E-state index contributed by atoms with van der Waals surface area (Å²) >= 11 is 0. The normalized spacial score (nSPS) is 13.1. The van der Waals surface area contributed by atoms with E-state index in [-0.39, 0.29) is 18.3 Å². The van der Waals surface area contributed by atoms with Gasteiger partial charge in [0, 0.05) is 18.8 Å². The molecule has 0 aromatic carbocycles. The Labute approximate surface area is 88.5 Å². The SMILES string of the molecule is CC(CC(=O)O)Cc1nc(C(C)C)no1. The van der Waals surface area contributed by atoms with Crippen molar-refractivity contribution >= 4 is 5.97 Å². The fourth-order valence-electron chi connectivity index (χ4n) is 1.25. The molecule has 1 heterocycles. The highest BCUT2D eigenvalue weighted by atomic mass is 16.5. The molecule has 15 heavy (non-hydrogen) atoms. The topological polar surface area (TPSA) is 76.2 Å². The van der Waals surface area contributed by atoms with Crippen molar-refractivity contribution in [2.24, 2.45) is 5.92 Å². The minimum Gasteiger partial charge on any atom is -0.481 e. The van der Waals surface area contributed by atoms with E-state index in [2.05, 4.69) is 10.1 Å². The molecule has 5 heteroatoms. The van der Waals surface area contributed by atoms with Gasteiger partial charge in [0.1, 0.15) is 0 Å². The third-order valence-corrected chi connectivity index (χ3v) is 2.05. The second-order valence-corrected chi connectivity index (χ2v) is 4.11. The average Bonchev–Trinajstić information content (AvgIpc) is 2.50. The highest BCUT2D eigenvalue weighted by Gasteiger charge is 2.14. The van der Waals surface area contributed by atoms with Crippen molar-refractivity contribution in [2.45, 2.75) is 39.5 Å². The number of hydrogen-bond donors (Lipinski definition) is 1. The molecular weight excluding hydrogens is 196 g/mol. The summed E-state index contributed by atoms with van der Waals surface area (Å²) in [5.74, 6) is 0.645. The summed E-state index contributed by atoms with van der Waals surface area (Å²) < 4.78 is 5.02. The van der Waals surface area contributed by atoms with Crippen LogP contribution in [0.2, 0.25) is 0 Å². The van der Waals surface area contributed by atoms with Crippen LogP contribution in [0.1, 0.15) is 44.8 Å². The molecule has 0 aliphatic heterocycles. The molecule has 0 amide bonds. The van der Waals surface area contributed by atoms with Gasteiger partial charge in [0.2, 0.25) is 5.89 Å². The molecule has 0 fully saturated rings. The van der Waals surface area contributed by atoms with E-state index >= 15 is 0 Å². The van der Waals surface area contributed by atoms with Crippen molar-refractivity contribution in [2.75, 3.05) is 0 Å². The molecule has 0 bridgehead atoms. The Morgan fingerprint density at radius 1 is 1.47 bits per heavy atom. The van der Waals surface area contributed by atoms with E-state index < -0.39 is 5.97 Å². The molecule has 0 aliphatic rings. The summed E-state index contributed by atoms with van der Waals surface area (Å²) in [5, 5.41) is 12.4. The van der Waals surface area contributed by atoms with Crippen LogP contribution in [0.3, 0.4) is 0 Å². The van der Waals surface area contributed by atoms with E-state index in [9.17, 15) is 4.79 Å². The minimum atomic E-state index is -0.800. The lowest BCUT2D eigenvalue weighted by Gasteiger charge is -2.03. The predicted octanol–water partition coefficient (Wildman–Crippen LogP) is 1.85. The van der Waals surface area contributed by atoms with Crippen LogP contribution in [-0.2, 0) is 11.2 Å². The molecule has 0 saturated carbocycles. The summed E-state index contributed by atoms with van der Waals surface area (Å²) in [6.07, 6.45) is 0.644. The molecule has 1 N–H and O–H groups in total. The van der Waals surface area contributed by atoms with Crippen molar-refractivity contribution in [3.05, 3.63) is 11.7 Å². The predicted molar refractivity (Wildman–Crippen MR) is 53.5 cm³/mol. The van der Waals surface area contributed by atoms with Gasteiger partial charge < -0.3 is 9.63 Å². The highest BCUT2D eigenvalue weighted by molar-refractivity contribution is 5.66. The monoisotopic (exact) mass is 212 g/mol. The van der Waals surface area contributed by atoms with Gasteiger partial charge >= 0.3 is 5.97 Å². The molecule has 0 saturated heterocycles. The van der Waals surface area contributed by atoms with E-state index in [4.69, 9.17) is 9.63 Å². The molecule has 1 unspecified atom stereocenters. The number of carboxylic acids is 1. The van der Waals surface area contributed by atoms with Gasteiger partial charge in [-0.15, -0.1) is 0 Å². The Bertz CT molecular complexity index is 333. The molecule has 1 rings (SSSR count). The van der Waals surface area contributed by atoms with Gasteiger partial charge in [-0.25, -0.2) is 0 Å². The standard InChI is InChI=1S/C10H16N2O3/c1-6(2)10-11-8(15-12-10)4-7(3)5-9(13)14/h6-7H,4-5H2,1-3H3,(H,13,14). The van der Waals surface area contributed by atoms with Gasteiger partial charge in [0.15, 0.2) is 5.82 Å². The number of carboxylic acid groups (broad SMARTS) is 1. The van der Waals surface area contributed by atoms with Crippen molar-refractivity contribution in [1.29, 1.82) is 0 Å². The summed E-state index contributed by atoms with van der Waals surface area (Å²) in [6, 6.07) is 0. The van der Waals surface area contributed by atoms with Crippen molar-refractivity contribution in [1.82, 2.24) is 10.1 Å². The molecule has 5 nitrogen and oxygen atoms in total. The van der Waals surface area contributed by atoms with Crippen LogP contribution in [0.5, 0.6) is 0 Å². The molecule has 1 aromatic heterocycles. The first-order valence-corrected chi connectivity index (χ1v) is 5.03. The zero-order valence-electron chi connectivity index (χ0n) is 9.23. The van der Waals surface area contributed by atoms with Crippen LogP contribution < -0.4 is 0 Å².